The first kappa shape index (κ1) is 16.7. The molecule has 0 amide bonds. The first-order valence-electron chi connectivity index (χ1n) is 6.61. The van der Waals surface area contributed by atoms with E-state index in [-0.39, 0.29) is 30.6 Å². The average molecular weight is 292 g/mol. The summed E-state index contributed by atoms with van der Waals surface area (Å²) in [5.74, 6) is -0.615. The van der Waals surface area contributed by atoms with Gasteiger partial charge in [0, 0.05) is 0 Å². The van der Waals surface area contributed by atoms with Crippen molar-refractivity contribution < 1.29 is 14.3 Å². The molecule has 1 aromatic rings. The predicted molar refractivity (Wildman–Crippen MR) is 79.4 cm³/mol. The summed E-state index contributed by atoms with van der Waals surface area (Å²) in [6.07, 6.45) is 4.51. The van der Waals surface area contributed by atoms with Crippen molar-refractivity contribution in [3.63, 3.8) is 0 Å². The Morgan fingerprint density at radius 3 is 2.86 bits per heavy atom. The van der Waals surface area contributed by atoms with Crippen molar-refractivity contribution in [2.75, 3.05) is 13.2 Å². The van der Waals surface area contributed by atoms with Crippen LogP contribution < -0.4 is 10.3 Å². The molecule has 0 unspecified atom stereocenters. The van der Waals surface area contributed by atoms with Gasteiger partial charge in [-0.2, -0.15) is 0 Å². The summed E-state index contributed by atoms with van der Waals surface area (Å²) in [6.45, 7) is 9.64. The molecule has 6 heteroatoms. The molecular formula is C15H20N2O4. The van der Waals surface area contributed by atoms with Crippen LogP contribution in [0.3, 0.4) is 0 Å². The molecule has 0 aliphatic carbocycles. The Hall–Kier alpha value is -2.37. The molecule has 0 bridgehead atoms. The van der Waals surface area contributed by atoms with Crippen molar-refractivity contribution in [3.8, 4) is 5.75 Å². The van der Waals surface area contributed by atoms with Gasteiger partial charge in [0.25, 0.3) is 5.56 Å². The van der Waals surface area contributed by atoms with Gasteiger partial charge in [0.2, 0.25) is 5.75 Å². The number of hydrogen-bond acceptors (Lipinski definition) is 5. The highest BCUT2D eigenvalue weighted by atomic mass is 16.5. The van der Waals surface area contributed by atoms with Crippen molar-refractivity contribution in [3.05, 3.63) is 46.7 Å². The second-order valence-electron chi connectivity index (χ2n) is 4.94. The molecule has 114 valence electrons. The normalized spacial score (nSPS) is 11.3. The Bertz CT molecular complexity index is 588. The minimum absolute atomic E-state index is 0.120. The van der Waals surface area contributed by atoms with E-state index in [4.69, 9.17) is 9.47 Å². The molecule has 1 N–H and O–H groups in total. The summed E-state index contributed by atoms with van der Waals surface area (Å²) in [5, 5.41) is 0. The van der Waals surface area contributed by atoms with Crippen LogP contribution in [0.4, 0.5) is 0 Å². The van der Waals surface area contributed by atoms with Crippen molar-refractivity contribution >= 4 is 5.97 Å². The van der Waals surface area contributed by atoms with Crippen LogP contribution in [0.15, 0.2) is 35.4 Å². The molecule has 1 rings (SSSR count). The van der Waals surface area contributed by atoms with E-state index in [1.165, 1.54) is 0 Å². The largest absolute Gasteiger partial charge is 0.482 e. The standard InChI is InChI=1S/C15H20N2O4/c1-5-6-11(4)8-20-13-12(16-9-17-14(13)18)15(19)21-7-10(2)3/h5-6,9-10H,1,7-8H2,2-4H3,(H,16,17,18). The van der Waals surface area contributed by atoms with E-state index in [0.29, 0.717) is 0 Å². The van der Waals surface area contributed by atoms with Gasteiger partial charge in [-0.05, 0) is 18.4 Å². The molecular weight excluding hydrogens is 272 g/mol. The smallest absolute Gasteiger partial charge is 0.361 e. The molecule has 0 aliphatic rings. The zero-order chi connectivity index (χ0) is 15.8. The van der Waals surface area contributed by atoms with Gasteiger partial charge in [0.1, 0.15) is 6.61 Å². The van der Waals surface area contributed by atoms with Gasteiger partial charge < -0.3 is 14.5 Å². The number of nitrogens with one attached hydrogen (secondary N) is 1. The monoisotopic (exact) mass is 292 g/mol. The highest BCUT2D eigenvalue weighted by molar-refractivity contribution is 5.90. The molecule has 0 spiro atoms. The molecule has 6 nitrogen and oxygen atoms in total. The quantitative estimate of drug-likeness (QED) is 0.614. The number of rotatable bonds is 7. The van der Waals surface area contributed by atoms with Crippen LogP contribution in [-0.2, 0) is 4.74 Å². The second-order valence-corrected chi connectivity index (χ2v) is 4.94. The topological polar surface area (TPSA) is 81.3 Å². The predicted octanol–water partition coefficient (Wildman–Crippen LogP) is 2.09. The third-order valence-corrected chi connectivity index (χ3v) is 2.40. The van der Waals surface area contributed by atoms with Crippen LogP contribution in [0, 0.1) is 5.92 Å². The summed E-state index contributed by atoms with van der Waals surface area (Å²) in [4.78, 5) is 30.0. The highest BCUT2D eigenvalue weighted by Gasteiger charge is 2.19. The van der Waals surface area contributed by atoms with E-state index >= 15 is 0 Å². The first-order chi connectivity index (χ1) is 9.95. The third-order valence-electron chi connectivity index (χ3n) is 2.40. The van der Waals surface area contributed by atoms with Crippen molar-refractivity contribution in [2.24, 2.45) is 5.92 Å². The number of esters is 1. The SMILES string of the molecule is C=CC=C(C)COc1c(C(=O)OCC(C)C)nc[nH]c1=O. The molecule has 0 atom stereocenters. The van der Waals surface area contributed by atoms with Crippen LogP contribution in [0.25, 0.3) is 0 Å². The van der Waals surface area contributed by atoms with Gasteiger partial charge >= 0.3 is 5.97 Å². The fourth-order valence-electron chi connectivity index (χ4n) is 1.41. The van der Waals surface area contributed by atoms with Crippen LogP contribution in [-0.4, -0.2) is 29.2 Å². The second kappa shape index (κ2) is 8.04. The van der Waals surface area contributed by atoms with Gasteiger partial charge in [-0.25, -0.2) is 9.78 Å². The molecule has 0 saturated heterocycles. The zero-order valence-electron chi connectivity index (χ0n) is 12.5. The van der Waals surface area contributed by atoms with Crippen LogP contribution >= 0.6 is 0 Å². The number of aromatic nitrogens is 2. The Balaban J connectivity index is 2.92. The number of ether oxygens (including phenoxy) is 2. The number of H-pyrrole nitrogens is 1. The number of nitrogens with zero attached hydrogens (tertiary/aromatic N) is 1. The van der Waals surface area contributed by atoms with Crippen molar-refractivity contribution in [2.45, 2.75) is 20.8 Å². The van der Waals surface area contributed by atoms with E-state index in [9.17, 15) is 9.59 Å². The minimum atomic E-state index is -0.671. The lowest BCUT2D eigenvalue weighted by molar-refractivity contribution is 0.0446. The fourth-order valence-corrected chi connectivity index (χ4v) is 1.41. The van der Waals surface area contributed by atoms with Crippen LogP contribution in [0.5, 0.6) is 5.75 Å². The highest BCUT2D eigenvalue weighted by Crippen LogP contribution is 2.12. The lowest BCUT2D eigenvalue weighted by atomic mass is 10.2. The summed E-state index contributed by atoms with van der Waals surface area (Å²) < 4.78 is 10.5. The fraction of sp³-hybridized carbons (Fsp3) is 0.400. The summed E-state index contributed by atoms with van der Waals surface area (Å²) >= 11 is 0. The van der Waals surface area contributed by atoms with E-state index in [0.717, 1.165) is 11.9 Å². The molecule has 0 saturated carbocycles. The molecule has 0 fully saturated rings. The number of hydrogen-bond donors (Lipinski definition) is 1. The average Bonchev–Trinajstić information content (AvgIpc) is 2.43. The zero-order valence-corrected chi connectivity index (χ0v) is 12.5. The maximum atomic E-state index is 11.9. The third kappa shape index (κ3) is 5.25. The molecule has 21 heavy (non-hydrogen) atoms. The van der Waals surface area contributed by atoms with Crippen molar-refractivity contribution in [1.29, 1.82) is 0 Å². The van der Waals surface area contributed by atoms with Gasteiger partial charge in [0.15, 0.2) is 5.69 Å². The summed E-state index contributed by atoms with van der Waals surface area (Å²) in [6, 6.07) is 0. The number of aromatic amines is 1. The number of allylic oxidation sites excluding steroid dienone is 2. The summed E-state index contributed by atoms with van der Waals surface area (Å²) in [7, 11) is 0. The minimum Gasteiger partial charge on any atom is -0.482 e. The van der Waals surface area contributed by atoms with E-state index in [2.05, 4.69) is 16.5 Å². The lowest BCUT2D eigenvalue weighted by Crippen LogP contribution is -2.20. The molecule has 0 aromatic carbocycles. The van der Waals surface area contributed by atoms with Crippen molar-refractivity contribution in [1.82, 2.24) is 9.97 Å². The Morgan fingerprint density at radius 1 is 1.52 bits per heavy atom. The lowest BCUT2D eigenvalue weighted by Gasteiger charge is -2.10. The maximum absolute atomic E-state index is 11.9. The molecule has 1 heterocycles. The van der Waals surface area contributed by atoms with E-state index < -0.39 is 11.5 Å². The Labute approximate surface area is 123 Å². The Kier molecular flexibility index (Phi) is 6.39. The van der Waals surface area contributed by atoms with Gasteiger partial charge in [-0.3, -0.25) is 4.79 Å². The number of carbonyl (C=O) groups excluding carboxylic acids is 1. The van der Waals surface area contributed by atoms with E-state index in [1.807, 2.05) is 20.8 Å². The van der Waals surface area contributed by atoms with Gasteiger partial charge in [0.05, 0.1) is 12.9 Å². The van der Waals surface area contributed by atoms with Crippen LogP contribution in [0.1, 0.15) is 31.3 Å². The number of carbonyl (C=O) groups is 1. The Morgan fingerprint density at radius 2 is 2.24 bits per heavy atom. The van der Waals surface area contributed by atoms with Crippen LogP contribution in [0.2, 0.25) is 0 Å². The summed E-state index contributed by atoms with van der Waals surface area (Å²) in [5.41, 5.74) is 0.216. The molecule has 1 aromatic heterocycles. The molecule has 0 radical (unpaired) electrons. The first-order valence-corrected chi connectivity index (χ1v) is 6.61. The molecule has 0 aliphatic heterocycles. The van der Waals surface area contributed by atoms with Gasteiger partial charge in [-0.15, -0.1) is 0 Å². The van der Waals surface area contributed by atoms with E-state index in [1.54, 1.807) is 12.2 Å². The van der Waals surface area contributed by atoms with Gasteiger partial charge in [-0.1, -0.05) is 32.6 Å². The maximum Gasteiger partial charge on any atom is 0.361 e.